The van der Waals surface area contributed by atoms with Gasteiger partial charge in [0.1, 0.15) is 34.9 Å². The Morgan fingerprint density at radius 2 is 0.569 bits per heavy atom. The largest absolute Gasteiger partial charge is 0.207 e. The molecule has 0 spiro atoms. The molecule has 278 valence electrons. The van der Waals surface area contributed by atoms with E-state index in [4.69, 9.17) is 0 Å². The van der Waals surface area contributed by atoms with Crippen LogP contribution in [0, 0.1) is 34.9 Å². The first-order valence-electron chi connectivity index (χ1n) is 18.6. The zero-order valence-electron chi connectivity index (χ0n) is 30.4. The van der Waals surface area contributed by atoms with Crippen molar-refractivity contribution in [2.75, 3.05) is 0 Å². The second-order valence-corrected chi connectivity index (χ2v) is 14.3. The Morgan fingerprint density at radius 3 is 1.09 bits per heavy atom. The van der Waals surface area contributed by atoms with Gasteiger partial charge in [0.2, 0.25) is 0 Å². The summed E-state index contributed by atoms with van der Waals surface area (Å²) in [5.74, 6) is -6.75. The van der Waals surface area contributed by atoms with Gasteiger partial charge >= 0.3 is 0 Å². The van der Waals surface area contributed by atoms with Crippen LogP contribution < -0.4 is 0 Å². The van der Waals surface area contributed by atoms with Gasteiger partial charge < -0.3 is 0 Å². The fourth-order valence-corrected chi connectivity index (χ4v) is 8.65. The fourth-order valence-electron chi connectivity index (χ4n) is 8.65. The molecular formula is C52H28F6. The molecule has 0 saturated heterocycles. The highest BCUT2D eigenvalue weighted by atomic mass is 19.2. The average Bonchev–Trinajstić information content (AvgIpc) is 3.23. The van der Waals surface area contributed by atoms with E-state index in [9.17, 15) is 8.78 Å². The normalized spacial score (nSPS) is 11.6. The summed E-state index contributed by atoms with van der Waals surface area (Å²) in [5, 5.41) is 4.16. The van der Waals surface area contributed by atoms with Crippen LogP contribution in [0.3, 0.4) is 0 Å². The van der Waals surface area contributed by atoms with Gasteiger partial charge in [0.05, 0.1) is 11.1 Å². The van der Waals surface area contributed by atoms with E-state index >= 15 is 17.6 Å². The minimum Gasteiger partial charge on any atom is -0.207 e. The summed E-state index contributed by atoms with van der Waals surface area (Å²) in [6, 6.07) is 48.5. The maximum Gasteiger partial charge on any atom is 0.136 e. The molecule has 0 aromatic heterocycles. The van der Waals surface area contributed by atoms with Crippen LogP contribution in [0.15, 0.2) is 170 Å². The van der Waals surface area contributed by atoms with E-state index in [1.54, 1.807) is 30.3 Å². The van der Waals surface area contributed by atoms with Crippen molar-refractivity contribution in [2.45, 2.75) is 0 Å². The molecule has 0 aliphatic rings. The zero-order valence-corrected chi connectivity index (χ0v) is 30.4. The van der Waals surface area contributed by atoms with Crippen molar-refractivity contribution in [2.24, 2.45) is 0 Å². The van der Waals surface area contributed by atoms with Crippen molar-refractivity contribution < 1.29 is 26.3 Å². The van der Waals surface area contributed by atoms with E-state index in [2.05, 4.69) is 12.1 Å². The molecule has 0 unspecified atom stereocenters. The summed E-state index contributed by atoms with van der Waals surface area (Å²) in [6.45, 7) is 0. The first kappa shape index (κ1) is 35.2. The number of hydrogen-bond donors (Lipinski definition) is 0. The van der Waals surface area contributed by atoms with Gasteiger partial charge in [-0.3, -0.25) is 0 Å². The van der Waals surface area contributed by atoms with Crippen molar-refractivity contribution in [3.05, 3.63) is 205 Å². The maximum atomic E-state index is 16.1. The number of rotatable bonds is 5. The molecule has 0 bridgehead atoms. The lowest BCUT2D eigenvalue weighted by Gasteiger charge is -2.23. The topological polar surface area (TPSA) is 0 Å². The second-order valence-electron chi connectivity index (χ2n) is 14.3. The highest BCUT2D eigenvalue weighted by Gasteiger charge is 2.27. The van der Waals surface area contributed by atoms with Crippen LogP contribution in [0.25, 0.3) is 98.7 Å². The average molecular weight is 767 g/mol. The highest BCUT2D eigenvalue weighted by Crippen LogP contribution is 2.51. The Bertz CT molecular complexity index is 3240. The summed E-state index contributed by atoms with van der Waals surface area (Å²) >= 11 is 0. The minimum absolute atomic E-state index is 0.0778. The van der Waals surface area contributed by atoms with E-state index in [0.717, 1.165) is 44.2 Å². The lowest BCUT2D eigenvalue weighted by atomic mass is 9.80. The Morgan fingerprint density at radius 1 is 0.207 bits per heavy atom. The molecule has 0 amide bonds. The monoisotopic (exact) mass is 766 g/mol. The third kappa shape index (κ3) is 5.63. The molecule has 10 aromatic rings. The lowest BCUT2D eigenvalue weighted by Crippen LogP contribution is -2.00. The van der Waals surface area contributed by atoms with E-state index in [1.807, 2.05) is 103 Å². The molecular weight excluding hydrogens is 739 g/mol. The third-order valence-corrected chi connectivity index (χ3v) is 11.0. The predicted octanol–water partition coefficient (Wildman–Crippen LogP) is 15.5. The Kier molecular flexibility index (Phi) is 8.38. The van der Waals surface area contributed by atoms with E-state index in [1.165, 1.54) is 0 Å². The summed E-state index contributed by atoms with van der Waals surface area (Å²) in [4.78, 5) is 0. The molecule has 0 N–H and O–H groups in total. The third-order valence-electron chi connectivity index (χ3n) is 11.0. The Labute approximate surface area is 328 Å². The van der Waals surface area contributed by atoms with E-state index < -0.39 is 46.0 Å². The SMILES string of the molecule is Fc1cc(F)c(-c2c3ccccc3c(-c3c(F)cc(F)cc3F)c3cc4c(cc23)c(-c2ccccc2)c(-c2cccc(-c3ccccc3)c2)c2ccccc24)c(F)c1. The molecule has 0 radical (unpaired) electrons. The molecule has 0 aliphatic heterocycles. The Balaban J connectivity index is 1.46. The van der Waals surface area contributed by atoms with Crippen LogP contribution in [-0.2, 0) is 0 Å². The first-order chi connectivity index (χ1) is 28.3. The summed E-state index contributed by atoms with van der Waals surface area (Å²) < 4.78 is 93.3. The molecule has 0 aliphatic carbocycles. The number of hydrogen-bond acceptors (Lipinski definition) is 0. The van der Waals surface area contributed by atoms with Crippen LogP contribution in [0.4, 0.5) is 26.3 Å². The summed E-state index contributed by atoms with van der Waals surface area (Å²) in [5.41, 5.74) is 4.72. The summed E-state index contributed by atoms with van der Waals surface area (Å²) in [6.07, 6.45) is 0. The molecule has 0 nitrogen and oxygen atoms in total. The van der Waals surface area contributed by atoms with Crippen LogP contribution in [0.5, 0.6) is 0 Å². The molecule has 0 fully saturated rings. The van der Waals surface area contributed by atoms with Gasteiger partial charge in [-0.1, -0.05) is 127 Å². The van der Waals surface area contributed by atoms with Crippen LogP contribution in [0.2, 0.25) is 0 Å². The van der Waals surface area contributed by atoms with Crippen molar-refractivity contribution in [1.29, 1.82) is 0 Å². The molecule has 6 heteroatoms. The second kappa shape index (κ2) is 13.8. The van der Waals surface area contributed by atoms with Gasteiger partial charge in [-0.25, -0.2) is 26.3 Å². The molecule has 10 rings (SSSR count). The van der Waals surface area contributed by atoms with Gasteiger partial charge in [0, 0.05) is 35.4 Å². The number of benzene rings is 10. The van der Waals surface area contributed by atoms with Crippen LogP contribution >= 0.6 is 0 Å². The van der Waals surface area contributed by atoms with Crippen LogP contribution in [0.1, 0.15) is 0 Å². The zero-order chi connectivity index (χ0) is 39.7. The fraction of sp³-hybridized carbons (Fsp3) is 0. The maximum absolute atomic E-state index is 16.1. The predicted molar refractivity (Wildman–Crippen MR) is 223 cm³/mol. The highest BCUT2D eigenvalue weighted by molar-refractivity contribution is 6.29. The van der Waals surface area contributed by atoms with E-state index in [0.29, 0.717) is 35.0 Å². The standard InChI is InChI=1S/C52H28F6/c53-33-23-43(55)51(44(56)24-33)49-37-20-9-10-21-38(37)50(52-45(57)25-34(54)26-46(52)58)42-28-40-39(27-41(42)49)35-18-7-8-19-36(35)48(47(40)30-14-5-2-6-15-30)32-17-11-16-31(22-32)29-12-3-1-4-13-29/h1-28H. The molecule has 0 heterocycles. The smallest absolute Gasteiger partial charge is 0.136 e. The summed E-state index contributed by atoms with van der Waals surface area (Å²) in [7, 11) is 0. The first-order valence-corrected chi connectivity index (χ1v) is 18.6. The molecule has 0 saturated carbocycles. The van der Waals surface area contributed by atoms with Crippen LogP contribution in [-0.4, -0.2) is 0 Å². The van der Waals surface area contributed by atoms with Gasteiger partial charge in [-0.2, -0.15) is 0 Å². The van der Waals surface area contributed by atoms with Gasteiger partial charge in [-0.15, -0.1) is 0 Å². The molecule has 0 atom stereocenters. The van der Waals surface area contributed by atoms with E-state index in [-0.39, 0.29) is 32.7 Å². The molecule has 58 heavy (non-hydrogen) atoms. The van der Waals surface area contributed by atoms with Gasteiger partial charge in [-0.05, 0) is 94.7 Å². The number of halogens is 6. The quantitative estimate of drug-likeness (QED) is 0.0930. The minimum atomic E-state index is -1.14. The number of fused-ring (bicyclic) bond motifs is 5. The van der Waals surface area contributed by atoms with Crippen molar-refractivity contribution >= 4 is 43.1 Å². The van der Waals surface area contributed by atoms with Crippen molar-refractivity contribution in [3.63, 3.8) is 0 Å². The Hall–Kier alpha value is -7.18. The van der Waals surface area contributed by atoms with Crippen molar-refractivity contribution in [3.8, 4) is 55.6 Å². The van der Waals surface area contributed by atoms with Gasteiger partial charge in [0.15, 0.2) is 0 Å². The molecule has 10 aromatic carbocycles. The van der Waals surface area contributed by atoms with Gasteiger partial charge in [0.25, 0.3) is 0 Å². The van der Waals surface area contributed by atoms with Crippen molar-refractivity contribution in [1.82, 2.24) is 0 Å². The lowest BCUT2D eigenvalue weighted by molar-refractivity contribution is 0.547.